The lowest BCUT2D eigenvalue weighted by atomic mass is 9.85. The molecule has 0 saturated heterocycles. The highest BCUT2D eigenvalue weighted by Crippen LogP contribution is 2.41. The number of benzene rings is 2. The number of carbonyl (C=O) groups excluding carboxylic acids is 1. The van der Waals surface area contributed by atoms with Gasteiger partial charge >= 0.3 is 0 Å². The van der Waals surface area contributed by atoms with Crippen molar-refractivity contribution in [1.29, 1.82) is 5.26 Å². The summed E-state index contributed by atoms with van der Waals surface area (Å²) >= 11 is 1.55. The van der Waals surface area contributed by atoms with Gasteiger partial charge in [0, 0.05) is 17.1 Å². The minimum absolute atomic E-state index is 0.259. The lowest BCUT2D eigenvalue weighted by Gasteiger charge is -2.28. The first kappa shape index (κ1) is 21.5. The first-order valence-corrected chi connectivity index (χ1v) is 11.3. The van der Waals surface area contributed by atoms with Gasteiger partial charge in [-0.15, -0.1) is 11.8 Å². The quantitative estimate of drug-likeness (QED) is 0.501. The second-order valence-electron chi connectivity index (χ2n) is 7.51. The van der Waals surface area contributed by atoms with Crippen LogP contribution in [0.4, 0.5) is 5.69 Å². The molecule has 0 bridgehead atoms. The largest absolute Gasteiger partial charge is 0.468 e. The van der Waals surface area contributed by atoms with E-state index in [0.29, 0.717) is 28.4 Å². The predicted molar refractivity (Wildman–Crippen MR) is 127 cm³/mol. The lowest BCUT2D eigenvalue weighted by molar-refractivity contribution is -0.113. The summed E-state index contributed by atoms with van der Waals surface area (Å²) in [7, 11) is 0. The number of rotatable bonds is 6. The number of thioether (sulfide) groups is 1. The number of anilines is 1. The number of aryl methyl sites for hydroxylation is 1. The van der Waals surface area contributed by atoms with Gasteiger partial charge in [0.15, 0.2) is 0 Å². The third kappa shape index (κ3) is 4.48. The fourth-order valence-electron chi connectivity index (χ4n) is 3.70. The molecule has 2 N–H and O–H groups in total. The first-order chi connectivity index (χ1) is 15.6. The topological polar surface area (TPSA) is 78.1 Å². The molecule has 0 fully saturated rings. The van der Waals surface area contributed by atoms with Gasteiger partial charge in [-0.3, -0.25) is 4.79 Å². The van der Waals surface area contributed by atoms with Gasteiger partial charge < -0.3 is 15.1 Å². The average Bonchev–Trinajstić information content (AvgIpc) is 3.34. The Morgan fingerprint density at radius 3 is 2.53 bits per heavy atom. The average molecular weight is 442 g/mol. The Kier molecular flexibility index (Phi) is 6.48. The zero-order valence-electron chi connectivity index (χ0n) is 17.9. The molecule has 1 amide bonds. The SMILES string of the molecule is CC1=C(C(=O)Nc2ccccc2C)[C@@H](c2ccco2)C(C#N)=C(SCc2ccccc2)N1. The molecule has 0 radical (unpaired) electrons. The van der Waals surface area contributed by atoms with Crippen LogP contribution in [-0.4, -0.2) is 5.91 Å². The van der Waals surface area contributed by atoms with E-state index in [1.54, 1.807) is 30.2 Å². The summed E-state index contributed by atoms with van der Waals surface area (Å²) in [5.41, 5.74) is 4.51. The second kappa shape index (κ2) is 9.63. The van der Waals surface area contributed by atoms with Crippen LogP contribution in [0.15, 0.2) is 99.3 Å². The van der Waals surface area contributed by atoms with Crippen molar-refractivity contribution in [3.05, 3.63) is 112 Å². The molecular formula is C26H23N3O2S. The fraction of sp³-hybridized carbons (Fsp3) is 0.154. The molecule has 0 aliphatic carbocycles. The van der Waals surface area contributed by atoms with Crippen LogP contribution in [0, 0.1) is 18.3 Å². The Morgan fingerprint density at radius 2 is 1.84 bits per heavy atom. The highest BCUT2D eigenvalue weighted by Gasteiger charge is 2.36. The Morgan fingerprint density at radius 1 is 1.09 bits per heavy atom. The van der Waals surface area contributed by atoms with Crippen molar-refractivity contribution in [2.75, 3.05) is 5.32 Å². The molecule has 1 aliphatic rings. The Bertz CT molecular complexity index is 1220. The van der Waals surface area contributed by atoms with Crippen LogP contribution in [0.3, 0.4) is 0 Å². The highest BCUT2D eigenvalue weighted by atomic mass is 32.2. The maximum atomic E-state index is 13.4. The number of nitriles is 1. The van der Waals surface area contributed by atoms with Crippen molar-refractivity contribution in [3.8, 4) is 6.07 Å². The normalized spacial score (nSPS) is 15.8. The molecule has 4 rings (SSSR count). The molecular weight excluding hydrogens is 418 g/mol. The van der Waals surface area contributed by atoms with Crippen molar-refractivity contribution in [1.82, 2.24) is 5.32 Å². The van der Waals surface area contributed by atoms with E-state index in [1.165, 1.54) is 0 Å². The zero-order valence-corrected chi connectivity index (χ0v) is 18.7. The summed E-state index contributed by atoms with van der Waals surface area (Å²) in [6.45, 7) is 3.80. The second-order valence-corrected chi connectivity index (χ2v) is 8.50. The van der Waals surface area contributed by atoms with Crippen molar-refractivity contribution in [2.45, 2.75) is 25.5 Å². The van der Waals surface area contributed by atoms with Crippen molar-refractivity contribution in [2.24, 2.45) is 0 Å². The number of amides is 1. The molecule has 1 aromatic heterocycles. The number of dihydropyridines is 1. The van der Waals surface area contributed by atoms with E-state index < -0.39 is 5.92 Å². The van der Waals surface area contributed by atoms with Gasteiger partial charge in [0.05, 0.1) is 34.4 Å². The van der Waals surface area contributed by atoms with Crippen LogP contribution < -0.4 is 10.6 Å². The molecule has 32 heavy (non-hydrogen) atoms. The maximum Gasteiger partial charge on any atom is 0.254 e. The summed E-state index contributed by atoms with van der Waals surface area (Å²) in [6, 6.07) is 23.6. The standard InChI is InChI=1S/C26H23N3O2S/c1-17-9-6-7-12-21(17)29-25(30)23-18(2)28-26(32-16-19-10-4-3-5-11-19)20(15-27)24(23)22-13-8-14-31-22/h3-14,24,28H,16H2,1-2H3,(H,29,30)/t24-/m1/s1. The summed E-state index contributed by atoms with van der Waals surface area (Å²) in [5, 5.41) is 17.1. The first-order valence-electron chi connectivity index (χ1n) is 10.3. The van der Waals surface area contributed by atoms with Gasteiger partial charge in [-0.1, -0.05) is 48.5 Å². The van der Waals surface area contributed by atoms with E-state index in [9.17, 15) is 10.1 Å². The molecule has 0 unspecified atom stereocenters. The van der Waals surface area contributed by atoms with Gasteiger partial charge in [-0.25, -0.2) is 0 Å². The van der Waals surface area contributed by atoms with E-state index in [1.807, 2.05) is 56.3 Å². The van der Waals surface area contributed by atoms with Gasteiger partial charge in [0.1, 0.15) is 5.76 Å². The zero-order chi connectivity index (χ0) is 22.5. The number of carbonyl (C=O) groups is 1. The number of para-hydroxylation sites is 1. The summed E-state index contributed by atoms with van der Waals surface area (Å²) < 4.78 is 5.68. The molecule has 1 atom stereocenters. The maximum absolute atomic E-state index is 13.4. The van der Waals surface area contributed by atoms with Crippen LogP contribution in [-0.2, 0) is 10.5 Å². The summed E-state index contributed by atoms with van der Waals surface area (Å²) in [4.78, 5) is 13.4. The van der Waals surface area contributed by atoms with Gasteiger partial charge in [-0.05, 0) is 43.2 Å². The van der Waals surface area contributed by atoms with Crippen molar-refractivity contribution in [3.63, 3.8) is 0 Å². The van der Waals surface area contributed by atoms with Crippen LogP contribution >= 0.6 is 11.8 Å². The monoisotopic (exact) mass is 441 g/mol. The minimum atomic E-state index is -0.585. The third-order valence-corrected chi connectivity index (χ3v) is 6.43. The molecule has 0 spiro atoms. The lowest BCUT2D eigenvalue weighted by Crippen LogP contribution is -2.30. The third-order valence-electron chi connectivity index (χ3n) is 5.34. The number of allylic oxidation sites excluding steroid dienone is 2. The Hall–Kier alpha value is -3.69. The van der Waals surface area contributed by atoms with Crippen LogP contribution in [0.5, 0.6) is 0 Å². The van der Waals surface area contributed by atoms with Crippen molar-refractivity contribution < 1.29 is 9.21 Å². The van der Waals surface area contributed by atoms with Gasteiger partial charge in [-0.2, -0.15) is 5.26 Å². The Balaban J connectivity index is 1.69. The van der Waals surface area contributed by atoms with Crippen LogP contribution in [0.1, 0.15) is 29.7 Å². The molecule has 5 nitrogen and oxygen atoms in total. The molecule has 1 aliphatic heterocycles. The fourth-order valence-corrected chi connectivity index (χ4v) is 4.75. The molecule has 6 heteroatoms. The van der Waals surface area contributed by atoms with Crippen LogP contribution in [0.25, 0.3) is 0 Å². The smallest absolute Gasteiger partial charge is 0.254 e. The Labute approximate surface area is 191 Å². The predicted octanol–water partition coefficient (Wildman–Crippen LogP) is 5.86. The van der Waals surface area contributed by atoms with E-state index in [2.05, 4.69) is 28.8 Å². The van der Waals surface area contributed by atoms with Gasteiger partial charge in [0.2, 0.25) is 0 Å². The molecule has 2 heterocycles. The van der Waals surface area contributed by atoms with Gasteiger partial charge in [0.25, 0.3) is 5.91 Å². The van der Waals surface area contributed by atoms with Crippen LogP contribution in [0.2, 0.25) is 0 Å². The number of furan rings is 1. The number of nitrogens with zero attached hydrogens (tertiary/aromatic N) is 1. The number of nitrogens with one attached hydrogen (secondary N) is 2. The van der Waals surface area contributed by atoms with E-state index in [0.717, 1.165) is 21.8 Å². The molecule has 3 aromatic rings. The molecule has 0 saturated carbocycles. The minimum Gasteiger partial charge on any atom is -0.468 e. The highest BCUT2D eigenvalue weighted by molar-refractivity contribution is 8.02. The number of hydrogen-bond acceptors (Lipinski definition) is 5. The summed E-state index contributed by atoms with van der Waals surface area (Å²) in [6.07, 6.45) is 1.56. The molecule has 160 valence electrons. The molecule has 2 aromatic carbocycles. The van der Waals surface area contributed by atoms with Crippen molar-refractivity contribution >= 4 is 23.4 Å². The summed E-state index contributed by atoms with van der Waals surface area (Å²) in [5.74, 6) is 0.427. The van der Waals surface area contributed by atoms with E-state index in [-0.39, 0.29) is 5.91 Å². The van der Waals surface area contributed by atoms with E-state index >= 15 is 0 Å². The number of hydrogen-bond donors (Lipinski definition) is 2. The van der Waals surface area contributed by atoms with E-state index in [4.69, 9.17) is 4.42 Å².